The number of aryl methyl sites for hydroxylation is 2. The maximum absolute atomic E-state index is 12.0. The predicted octanol–water partition coefficient (Wildman–Crippen LogP) is 2.89. The van der Waals surface area contributed by atoms with E-state index in [1.807, 2.05) is 26.8 Å². The number of anilines is 1. The van der Waals surface area contributed by atoms with E-state index in [0.717, 1.165) is 11.1 Å². The van der Waals surface area contributed by atoms with Crippen LogP contribution in [-0.4, -0.2) is 42.8 Å². The van der Waals surface area contributed by atoms with Crippen molar-refractivity contribution in [2.75, 3.05) is 5.32 Å². The van der Waals surface area contributed by atoms with Crippen molar-refractivity contribution in [1.29, 1.82) is 5.41 Å². The monoisotopic (exact) mass is 547 g/mol. The number of hydrogen-bond acceptors (Lipinski definition) is 6. The van der Waals surface area contributed by atoms with Crippen LogP contribution in [-0.2, 0) is 30.8 Å². The largest absolute Gasteiger partial charge is 0.481 e. The number of nitrogens with one attached hydrogen (secondary N) is 4. The van der Waals surface area contributed by atoms with Crippen LogP contribution in [0.1, 0.15) is 57.6 Å². The highest BCUT2D eigenvalue weighted by Gasteiger charge is 2.22. The lowest BCUT2D eigenvalue weighted by atomic mass is 10.1. The summed E-state index contributed by atoms with van der Waals surface area (Å²) in [5.41, 5.74) is 6.81. The summed E-state index contributed by atoms with van der Waals surface area (Å²) >= 11 is 0. The molecule has 0 bridgehead atoms. The standard InChI is InChI=1S/C15H20N4O4.C11H17NO2S/c16-15(17)19-13(21)3-1-2-12(20)18-11-7-4-10(5-8-11)6-9-14(22)23;1-9-7-5-6-8-10(9)15(13,14)12-11(2,3)4/h4-5,7-8H,1-3,6,9H2,(H,18,20)(H,22,23)(H4,16,17,19,21);5-8,12H,1-4H3. The Hall–Kier alpha value is -3.77. The molecule has 0 fully saturated rings. The molecular weight excluding hydrogens is 510 g/mol. The first-order valence-electron chi connectivity index (χ1n) is 11.9. The summed E-state index contributed by atoms with van der Waals surface area (Å²) in [6, 6.07) is 13.9. The van der Waals surface area contributed by atoms with Crippen LogP contribution in [0.25, 0.3) is 0 Å². The Kier molecular flexibility index (Phi) is 12.6. The van der Waals surface area contributed by atoms with E-state index >= 15 is 0 Å². The highest BCUT2D eigenvalue weighted by molar-refractivity contribution is 7.89. The number of carboxylic acids is 1. The van der Waals surface area contributed by atoms with Gasteiger partial charge in [0.05, 0.1) is 4.90 Å². The predicted molar refractivity (Wildman–Crippen MR) is 146 cm³/mol. The SMILES string of the molecule is Cc1ccccc1S(=O)(=O)NC(C)(C)C.N=C(N)NC(=O)CCCC(=O)Nc1ccc(CCC(=O)O)cc1. The van der Waals surface area contributed by atoms with Crippen molar-refractivity contribution in [1.82, 2.24) is 10.0 Å². The summed E-state index contributed by atoms with van der Waals surface area (Å²) in [6.45, 7) is 7.26. The quantitative estimate of drug-likeness (QED) is 0.194. The van der Waals surface area contributed by atoms with Crippen molar-refractivity contribution in [3.63, 3.8) is 0 Å². The first-order chi connectivity index (χ1) is 17.6. The van der Waals surface area contributed by atoms with E-state index < -0.39 is 33.4 Å². The Morgan fingerprint density at radius 3 is 2.05 bits per heavy atom. The number of nitrogens with two attached hydrogens (primary N) is 1. The van der Waals surface area contributed by atoms with Crippen LogP contribution in [0.4, 0.5) is 5.69 Å². The molecular formula is C26H37N5O6S. The zero-order chi connectivity index (χ0) is 28.9. The van der Waals surface area contributed by atoms with Crippen LogP contribution >= 0.6 is 0 Å². The summed E-state index contributed by atoms with van der Waals surface area (Å²) in [5.74, 6) is -1.88. The minimum Gasteiger partial charge on any atom is -0.481 e. The third-order valence-electron chi connectivity index (χ3n) is 4.77. The van der Waals surface area contributed by atoms with Crippen LogP contribution in [0, 0.1) is 12.3 Å². The van der Waals surface area contributed by atoms with Crippen molar-refractivity contribution in [3.8, 4) is 0 Å². The Balaban J connectivity index is 0.000000415. The molecule has 38 heavy (non-hydrogen) atoms. The molecule has 2 rings (SSSR count). The molecule has 0 radical (unpaired) electrons. The highest BCUT2D eigenvalue weighted by atomic mass is 32.2. The molecule has 0 saturated carbocycles. The molecule has 2 amide bonds. The van der Waals surface area contributed by atoms with Gasteiger partial charge in [-0.05, 0) is 69.9 Å². The molecule has 12 heteroatoms. The van der Waals surface area contributed by atoms with E-state index in [9.17, 15) is 22.8 Å². The molecule has 0 heterocycles. The van der Waals surface area contributed by atoms with E-state index in [0.29, 0.717) is 23.4 Å². The Labute approximate surface area is 223 Å². The van der Waals surface area contributed by atoms with Gasteiger partial charge < -0.3 is 16.2 Å². The Morgan fingerprint density at radius 1 is 0.947 bits per heavy atom. The molecule has 2 aromatic carbocycles. The number of aliphatic carboxylic acids is 1. The number of hydrogen-bond donors (Lipinski definition) is 6. The van der Waals surface area contributed by atoms with Gasteiger partial charge in [-0.1, -0.05) is 30.3 Å². The molecule has 0 atom stereocenters. The van der Waals surface area contributed by atoms with Gasteiger partial charge in [-0.15, -0.1) is 0 Å². The molecule has 11 nitrogen and oxygen atoms in total. The van der Waals surface area contributed by atoms with Crippen LogP contribution in [0.5, 0.6) is 0 Å². The molecule has 7 N–H and O–H groups in total. The van der Waals surface area contributed by atoms with Gasteiger partial charge >= 0.3 is 5.97 Å². The fourth-order valence-corrected chi connectivity index (χ4v) is 4.83. The Morgan fingerprint density at radius 2 is 1.53 bits per heavy atom. The van der Waals surface area contributed by atoms with E-state index in [1.54, 1.807) is 49.4 Å². The van der Waals surface area contributed by atoms with Crippen molar-refractivity contribution in [3.05, 3.63) is 59.7 Å². The van der Waals surface area contributed by atoms with Crippen LogP contribution in [0.2, 0.25) is 0 Å². The summed E-state index contributed by atoms with van der Waals surface area (Å²) < 4.78 is 26.5. The number of amides is 2. The summed E-state index contributed by atoms with van der Waals surface area (Å²) in [5, 5.41) is 20.3. The third kappa shape index (κ3) is 13.5. The van der Waals surface area contributed by atoms with Gasteiger partial charge in [0, 0.05) is 30.5 Å². The zero-order valence-corrected chi connectivity index (χ0v) is 22.9. The summed E-state index contributed by atoms with van der Waals surface area (Å²) in [6.07, 6.45) is 1.14. The van der Waals surface area contributed by atoms with Gasteiger partial charge in [-0.3, -0.25) is 25.1 Å². The molecule has 0 aromatic heterocycles. The van der Waals surface area contributed by atoms with Gasteiger partial charge in [0.2, 0.25) is 21.8 Å². The molecule has 0 saturated heterocycles. The molecule has 0 aliphatic carbocycles. The second kappa shape index (κ2) is 14.8. The molecule has 2 aromatic rings. The number of rotatable bonds is 10. The zero-order valence-electron chi connectivity index (χ0n) is 22.1. The number of guanidine groups is 1. The number of carboxylic acid groups (broad SMARTS) is 1. The normalized spacial score (nSPS) is 11.1. The lowest BCUT2D eigenvalue weighted by Crippen LogP contribution is -2.40. The topological polar surface area (TPSA) is 192 Å². The first kappa shape index (κ1) is 32.3. The second-order valence-corrected chi connectivity index (χ2v) is 11.2. The summed E-state index contributed by atoms with van der Waals surface area (Å²) in [7, 11) is -3.40. The van der Waals surface area contributed by atoms with Crippen LogP contribution < -0.4 is 21.1 Å². The minimum absolute atomic E-state index is 0.0635. The first-order valence-corrected chi connectivity index (χ1v) is 13.4. The van der Waals surface area contributed by atoms with E-state index in [1.165, 1.54) is 0 Å². The minimum atomic E-state index is -3.40. The fraction of sp³-hybridized carbons (Fsp3) is 0.385. The van der Waals surface area contributed by atoms with Crippen molar-refractivity contribution in [2.45, 2.75) is 70.2 Å². The van der Waals surface area contributed by atoms with E-state index in [2.05, 4.69) is 15.4 Å². The van der Waals surface area contributed by atoms with E-state index in [4.69, 9.17) is 16.2 Å². The number of sulfonamides is 1. The molecule has 0 aliphatic heterocycles. The maximum atomic E-state index is 12.0. The average molecular weight is 548 g/mol. The molecule has 0 aliphatic rings. The third-order valence-corrected chi connectivity index (χ3v) is 6.69. The fourth-order valence-electron chi connectivity index (χ4n) is 3.17. The Bertz CT molecular complexity index is 1220. The van der Waals surface area contributed by atoms with Gasteiger partial charge in [0.1, 0.15) is 0 Å². The lowest BCUT2D eigenvalue weighted by molar-refractivity contribution is -0.137. The molecule has 0 spiro atoms. The second-order valence-electron chi connectivity index (χ2n) is 9.58. The van der Waals surface area contributed by atoms with Gasteiger partial charge in [0.25, 0.3) is 0 Å². The smallest absolute Gasteiger partial charge is 0.303 e. The van der Waals surface area contributed by atoms with Crippen LogP contribution in [0.3, 0.4) is 0 Å². The van der Waals surface area contributed by atoms with Gasteiger partial charge in [0.15, 0.2) is 5.96 Å². The lowest BCUT2D eigenvalue weighted by Gasteiger charge is -2.21. The molecule has 0 unspecified atom stereocenters. The van der Waals surface area contributed by atoms with Crippen molar-refractivity contribution in [2.24, 2.45) is 5.73 Å². The number of carbonyl (C=O) groups excluding carboxylic acids is 2. The van der Waals surface area contributed by atoms with Gasteiger partial charge in [-0.2, -0.15) is 0 Å². The van der Waals surface area contributed by atoms with Crippen LogP contribution in [0.15, 0.2) is 53.4 Å². The maximum Gasteiger partial charge on any atom is 0.303 e. The summed E-state index contributed by atoms with van der Waals surface area (Å²) in [4.78, 5) is 33.8. The number of benzene rings is 2. The van der Waals surface area contributed by atoms with Crippen molar-refractivity contribution < 1.29 is 27.9 Å². The van der Waals surface area contributed by atoms with Gasteiger partial charge in [-0.25, -0.2) is 13.1 Å². The highest BCUT2D eigenvalue weighted by Crippen LogP contribution is 2.16. The van der Waals surface area contributed by atoms with E-state index in [-0.39, 0.29) is 25.2 Å². The van der Waals surface area contributed by atoms with Crippen molar-refractivity contribution >= 4 is 39.5 Å². The molecule has 208 valence electrons. The number of carbonyl (C=O) groups is 3. The average Bonchev–Trinajstić information content (AvgIpc) is 2.77.